The second-order valence-corrected chi connectivity index (χ2v) is 11.0. The van der Waals surface area contributed by atoms with Gasteiger partial charge in [-0.2, -0.15) is 0 Å². The quantitative estimate of drug-likeness (QED) is 0.753. The van der Waals surface area contributed by atoms with Crippen LogP contribution in [0.5, 0.6) is 5.75 Å². The van der Waals surface area contributed by atoms with E-state index in [2.05, 4.69) is 64.0 Å². The molecule has 0 amide bonds. The van der Waals surface area contributed by atoms with Gasteiger partial charge in [0, 0.05) is 35.2 Å². The molecule has 0 spiro atoms. The fraction of sp³-hybridized carbons (Fsp3) is 0.609. The van der Waals surface area contributed by atoms with Crippen LogP contribution < -0.4 is 0 Å². The van der Waals surface area contributed by atoms with E-state index in [1.807, 2.05) is 0 Å². The zero-order chi connectivity index (χ0) is 20.7. The summed E-state index contributed by atoms with van der Waals surface area (Å²) in [5.41, 5.74) is 3.70. The molecule has 0 unspecified atom stereocenters. The molecule has 0 radical (unpaired) electrons. The van der Waals surface area contributed by atoms with Crippen LogP contribution in [0.25, 0.3) is 11.3 Å². The first-order valence-electron chi connectivity index (χ1n) is 10.2. The first kappa shape index (κ1) is 21.3. The highest BCUT2D eigenvalue weighted by Crippen LogP contribution is 2.42. The Kier molecular flexibility index (Phi) is 5.91. The zero-order valence-corrected chi connectivity index (χ0v) is 18.9. The van der Waals surface area contributed by atoms with Crippen LogP contribution in [0.4, 0.5) is 0 Å². The molecule has 2 aromatic rings. The van der Waals surface area contributed by atoms with Gasteiger partial charge in [-0.05, 0) is 35.8 Å². The van der Waals surface area contributed by atoms with Crippen LogP contribution in [0.1, 0.15) is 70.5 Å². The fourth-order valence-electron chi connectivity index (χ4n) is 3.71. The number of aromatic nitrogens is 1. The second kappa shape index (κ2) is 7.77. The van der Waals surface area contributed by atoms with Crippen molar-refractivity contribution in [2.24, 2.45) is 0 Å². The molecule has 1 aromatic heterocycles. The van der Waals surface area contributed by atoms with Crippen molar-refractivity contribution in [1.29, 1.82) is 0 Å². The zero-order valence-electron chi connectivity index (χ0n) is 18.0. The summed E-state index contributed by atoms with van der Waals surface area (Å²) >= 11 is 1.69. The number of hydrogen-bond donors (Lipinski definition) is 2. The number of aliphatic hydroxyl groups excluding tert-OH is 1. The number of benzene rings is 1. The highest BCUT2D eigenvalue weighted by Gasteiger charge is 2.27. The van der Waals surface area contributed by atoms with Gasteiger partial charge in [0.05, 0.1) is 18.3 Å². The Labute approximate surface area is 173 Å². The van der Waals surface area contributed by atoms with E-state index in [4.69, 9.17) is 4.98 Å². The lowest BCUT2D eigenvalue weighted by atomic mass is 9.78. The predicted molar refractivity (Wildman–Crippen MR) is 117 cm³/mol. The van der Waals surface area contributed by atoms with Gasteiger partial charge in [-0.1, -0.05) is 41.5 Å². The Morgan fingerprint density at radius 2 is 1.57 bits per heavy atom. The summed E-state index contributed by atoms with van der Waals surface area (Å²) < 4.78 is 0. The third-order valence-corrected chi connectivity index (χ3v) is 6.32. The number of phenolic OH excluding ortho intramolecular Hbond substituents is 1. The molecule has 2 N–H and O–H groups in total. The molecule has 5 heteroatoms. The summed E-state index contributed by atoms with van der Waals surface area (Å²) in [6, 6.07) is 4.20. The number of aliphatic hydroxyl groups is 1. The summed E-state index contributed by atoms with van der Waals surface area (Å²) in [6.07, 6.45) is 1.55. The molecule has 4 nitrogen and oxygen atoms in total. The van der Waals surface area contributed by atoms with E-state index in [1.165, 1.54) is 0 Å². The molecule has 1 aromatic carbocycles. The fourth-order valence-corrected chi connectivity index (χ4v) is 4.56. The van der Waals surface area contributed by atoms with Crippen LogP contribution in [0.3, 0.4) is 0 Å². The molecule has 0 atom stereocenters. The average Bonchev–Trinajstić information content (AvgIpc) is 3.03. The van der Waals surface area contributed by atoms with E-state index in [1.54, 1.807) is 11.3 Å². The Balaban J connectivity index is 1.92. The van der Waals surface area contributed by atoms with E-state index in [0.29, 0.717) is 5.75 Å². The molecule has 1 aliphatic heterocycles. The molecule has 0 saturated carbocycles. The summed E-state index contributed by atoms with van der Waals surface area (Å²) in [6.45, 7) is 15.5. The summed E-state index contributed by atoms with van der Waals surface area (Å²) in [5, 5.41) is 23.9. The summed E-state index contributed by atoms with van der Waals surface area (Å²) in [4.78, 5) is 7.27. The number of hydrogen-bond acceptors (Lipinski definition) is 5. The topological polar surface area (TPSA) is 56.6 Å². The van der Waals surface area contributed by atoms with Crippen LogP contribution in [0.2, 0.25) is 0 Å². The molecule has 1 saturated heterocycles. The maximum Gasteiger partial charge on any atom is 0.123 e. The van der Waals surface area contributed by atoms with Gasteiger partial charge >= 0.3 is 0 Å². The Hall–Kier alpha value is -1.43. The minimum atomic E-state index is -0.147. The van der Waals surface area contributed by atoms with Crippen LogP contribution in [0, 0.1) is 0 Å². The summed E-state index contributed by atoms with van der Waals surface area (Å²) in [5.74, 6) is 0.408. The number of nitrogens with zero attached hydrogens (tertiary/aromatic N) is 2. The van der Waals surface area contributed by atoms with Gasteiger partial charge < -0.3 is 10.2 Å². The maximum atomic E-state index is 10.9. The number of piperidine rings is 1. The van der Waals surface area contributed by atoms with Gasteiger partial charge in [-0.3, -0.25) is 4.90 Å². The van der Waals surface area contributed by atoms with Gasteiger partial charge in [-0.15, -0.1) is 11.3 Å². The maximum absolute atomic E-state index is 10.9. The van der Waals surface area contributed by atoms with Crippen LogP contribution in [0.15, 0.2) is 17.5 Å². The lowest BCUT2D eigenvalue weighted by Gasteiger charge is -2.28. The minimum Gasteiger partial charge on any atom is -0.507 e. The third-order valence-electron chi connectivity index (χ3n) is 5.49. The highest BCUT2D eigenvalue weighted by molar-refractivity contribution is 7.09. The van der Waals surface area contributed by atoms with Gasteiger partial charge in [0.2, 0.25) is 0 Å². The first-order valence-corrected chi connectivity index (χ1v) is 11.1. The molecular weight excluding hydrogens is 368 g/mol. The van der Waals surface area contributed by atoms with Crippen LogP contribution >= 0.6 is 11.3 Å². The third kappa shape index (κ3) is 4.76. The second-order valence-electron chi connectivity index (χ2n) is 10.1. The van der Waals surface area contributed by atoms with Crippen molar-refractivity contribution in [1.82, 2.24) is 9.88 Å². The van der Waals surface area contributed by atoms with Crippen molar-refractivity contribution in [3.8, 4) is 17.0 Å². The number of aromatic hydroxyl groups is 1. The molecule has 1 fully saturated rings. The SMILES string of the molecule is CC(C)(C)c1cc(-c2csc(CN3CCC(O)CC3)n2)cc(C(C)(C)C)c1O. The highest BCUT2D eigenvalue weighted by atomic mass is 32.1. The van der Waals surface area contributed by atoms with E-state index >= 15 is 0 Å². The van der Waals surface area contributed by atoms with Crippen molar-refractivity contribution >= 4 is 11.3 Å². The molecule has 2 heterocycles. The summed E-state index contributed by atoms with van der Waals surface area (Å²) in [7, 11) is 0. The monoisotopic (exact) mass is 402 g/mol. The average molecular weight is 403 g/mol. The lowest BCUT2D eigenvalue weighted by molar-refractivity contribution is 0.0792. The molecule has 1 aliphatic rings. The first-order chi connectivity index (χ1) is 12.9. The number of likely N-dealkylation sites (tertiary alicyclic amines) is 1. The van der Waals surface area contributed by atoms with Crippen molar-refractivity contribution < 1.29 is 10.2 Å². The Morgan fingerprint density at radius 1 is 1.04 bits per heavy atom. The van der Waals surface area contributed by atoms with E-state index in [0.717, 1.165) is 59.9 Å². The van der Waals surface area contributed by atoms with Crippen LogP contribution in [-0.2, 0) is 17.4 Å². The minimum absolute atomic E-state index is 0.145. The van der Waals surface area contributed by atoms with E-state index in [-0.39, 0.29) is 16.9 Å². The lowest BCUT2D eigenvalue weighted by Crippen LogP contribution is -2.35. The van der Waals surface area contributed by atoms with Crippen molar-refractivity contribution in [2.45, 2.75) is 77.9 Å². The van der Waals surface area contributed by atoms with Crippen molar-refractivity contribution in [2.75, 3.05) is 13.1 Å². The molecule has 3 rings (SSSR count). The van der Waals surface area contributed by atoms with Gasteiger partial charge in [0.15, 0.2) is 0 Å². The largest absolute Gasteiger partial charge is 0.507 e. The van der Waals surface area contributed by atoms with Crippen molar-refractivity contribution in [3.05, 3.63) is 33.6 Å². The van der Waals surface area contributed by atoms with Crippen molar-refractivity contribution in [3.63, 3.8) is 0 Å². The molecular formula is C23H34N2O2S. The van der Waals surface area contributed by atoms with Gasteiger partial charge in [0.1, 0.15) is 10.8 Å². The predicted octanol–water partition coefficient (Wildman–Crippen LogP) is 5.07. The molecule has 0 aliphatic carbocycles. The smallest absolute Gasteiger partial charge is 0.123 e. The molecule has 0 bridgehead atoms. The number of phenols is 1. The van der Waals surface area contributed by atoms with E-state index in [9.17, 15) is 10.2 Å². The Bertz CT molecular complexity index is 787. The number of thiazole rings is 1. The number of rotatable bonds is 3. The van der Waals surface area contributed by atoms with E-state index < -0.39 is 0 Å². The normalized spacial score (nSPS) is 17.2. The molecule has 28 heavy (non-hydrogen) atoms. The molecule has 154 valence electrons. The Morgan fingerprint density at radius 3 is 2.07 bits per heavy atom. The van der Waals surface area contributed by atoms with Crippen LogP contribution in [-0.4, -0.2) is 39.3 Å². The standard InChI is InChI=1S/C23H34N2O2S/c1-22(2,3)17-11-15(12-18(21(17)27)23(4,5)6)19-14-28-20(24-19)13-25-9-7-16(26)8-10-25/h11-12,14,16,26-27H,7-10,13H2,1-6H3. The van der Waals surface area contributed by atoms with Gasteiger partial charge in [0.25, 0.3) is 0 Å². The van der Waals surface area contributed by atoms with Gasteiger partial charge in [-0.25, -0.2) is 4.98 Å².